The van der Waals surface area contributed by atoms with E-state index in [0.717, 1.165) is 32.1 Å². The summed E-state index contributed by atoms with van der Waals surface area (Å²) in [6.45, 7) is 0. The molecule has 0 saturated heterocycles. The van der Waals surface area contributed by atoms with Gasteiger partial charge in [-0.15, -0.1) is 0 Å². The minimum absolute atomic E-state index is 0.0118. The van der Waals surface area contributed by atoms with Gasteiger partial charge in [-0.1, -0.05) is 31.4 Å². The Bertz CT molecular complexity index is 461. The number of aliphatic hydroxyl groups excluding tert-OH is 1. The van der Waals surface area contributed by atoms with Gasteiger partial charge in [0.05, 0.1) is 24.0 Å². The summed E-state index contributed by atoms with van der Waals surface area (Å²) in [5.74, 6) is -2.13. The Hall–Kier alpha value is -1.36. The molecule has 3 aliphatic rings. The standard InChI is InChI=1S/C16H23NO4/c18-12-5-3-1-2-4-11(12)17-15(19)13-9-6-7-10(8-9)14(13)16(20)21/h6-7,9-14,18H,1-5,8H2,(H,17,19)(H,20,21). The van der Waals surface area contributed by atoms with Gasteiger partial charge < -0.3 is 15.5 Å². The maximum absolute atomic E-state index is 12.6. The maximum atomic E-state index is 12.6. The van der Waals surface area contributed by atoms with Gasteiger partial charge in [0.2, 0.25) is 5.91 Å². The van der Waals surface area contributed by atoms with Crippen LogP contribution in [0.15, 0.2) is 12.2 Å². The van der Waals surface area contributed by atoms with Crippen molar-refractivity contribution < 1.29 is 19.8 Å². The van der Waals surface area contributed by atoms with Crippen molar-refractivity contribution in [1.29, 1.82) is 0 Å². The normalized spacial score (nSPS) is 41.8. The van der Waals surface area contributed by atoms with Gasteiger partial charge in [0.25, 0.3) is 0 Å². The number of carbonyl (C=O) groups is 2. The van der Waals surface area contributed by atoms with Crippen molar-refractivity contribution in [1.82, 2.24) is 5.32 Å². The number of aliphatic hydroxyl groups is 1. The second-order valence-corrected chi connectivity index (χ2v) is 6.66. The summed E-state index contributed by atoms with van der Waals surface area (Å²) in [6.07, 6.45) is 8.74. The molecule has 2 saturated carbocycles. The van der Waals surface area contributed by atoms with Gasteiger partial charge in [0.1, 0.15) is 0 Å². The lowest BCUT2D eigenvalue weighted by molar-refractivity contribution is -0.148. The zero-order chi connectivity index (χ0) is 15.0. The van der Waals surface area contributed by atoms with E-state index in [2.05, 4.69) is 5.32 Å². The molecule has 0 aromatic heterocycles. The van der Waals surface area contributed by atoms with Crippen molar-refractivity contribution in [2.45, 2.75) is 50.7 Å². The smallest absolute Gasteiger partial charge is 0.307 e. The first-order valence-corrected chi connectivity index (χ1v) is 7.97. The topological polar surface area (TPSA) is 86.6 Å². The number of nitrogens with one attached hydrogen (secondary N) is 1. The van der Waals surface area contributed by atoms with Crippen LogP contribution < -0.4 is 5.32 Å². The van der Waals surface area contributed by atoms with Crippen LogP contribution in [0.25, 0.3) is 0 Å². The fourth-order valence-electron chi connectivity index (χ4n) is 4.25. The van der Waals surface area contributed by atoms with Gasteiger partial charge in [-0.25, -0.2) is 0 Å². The van der Waals surface area contributed by atoms with Gasteiger partial charge in [-0.3, -0.25) is 9.59 Å². The van der Waals surface area contributed by atoms with Crippen molar-refractivity contribution >= 4 is 11.9 Å². The summed E-state index contributed by atoms with van der Waals surface area (Å²) in [5, 5.41) is 22.4. The fourth-order valence-corrected chi connectivity index (χ4v) is 4.25. The lowest BCUT2D eigenvalue weighted by atomic mass is 9.82. The fraction of sp³-hybridized carbons (Fsp3) is 0.750. The average molecular weight is 293 g/mol. The van der Waals surface area contributed by atoms with Crippen LogP contribution >= 0.6 is 0 Å². The number of allylic oxidation sites excluding steroid dienone is 2. The molecule has 5 nitrogen and oxygen atoms in total. The highest BCUT2D eigenvalue weighted by molar-refractivity contribution is 5.87. The number of amides is 1. The molecule has 2 bridgehead atoms. The van der Waals surface area contributed by atoms with Crippen LogP contribution in [0.3, 0.4) is 0 Å². The summed E-state index contributed by atoms with van der Waals surface area (Å²) < 4.78 is 0. The SMILES string of the molecule is O=C(O)C1C2C=CC(C2)C1C(=O)NC1CCCCCC1O. The van der Waals surface area contributed by atoms with E-state index >= 15 is 0 Å². The van der Waals surface area contributed by atoms with E-state index in [4.69, 9.17) is 0 Å². The molecule has 6 atom stereocenters. The molecule has 21 heavy (non-hydrogen) atoms. The Balaban J connectivity index is 1.69. The van der Waals surface area contributed by atoms with E-state index < -0.39 is 23.9 Å². The molecule has 1 amide bonds. The molecule has 0 aliphatic heterocycles. The van der Waals surface area contributed by atoms with E-state index in [1.807, 2.05) is 12.2 Å². The first kappa shape index (κ1) is 14.6. The lowest BCUT2D eigenvalue weighted by Crippen LogP contribution is -2.48. The Kier molecular flexibility index (Phi) is 4.02. The van der Waals surface area contributed by atoms with Crippen molar-refractivity contribution in [3.8, 4) is 0 Å². The molecular weight excluding hydrogens is 270 g/mol. The lowest BCUT2D eigenvalue weighted by Gasteiger charge is -2.28. The molecule has 0 aromatic carbocycles. The number of hydrogen-bond acceptors (Lipinski definition) is 3. The first-order valence-electron chi connectivity index (χ1n) is 7.97. The number of carboxylic acid groups (broad SMARTS) is 1. The molecule has 3 N–H and O–H groups in total. The zero-order valence-electron chi connectivity index (χ0n) is 12.1. The van der Waals surface area contributed by atoms with E-state index in [0.29, 0.717) is 6.42 Å². The molecule has 0 spiro atoms. The summed E-state index contributed by atoms with van der Waals surface area (Å²) in [5.41, 5.74) is 0. The van der Waals surface area contributed by atoms with E-state index in [-0.39, 0.29) is 23.8 Å². The first-order chi connectivity index (χ1) is 10.1. The molecule has 6 unspecified atom stereocenters. The van der Waals surface area contributed by atoms with Crippen molar-refractivity contribution in [3.63, 3.8) is 0 Å². The molecule has 2 fully saturated rings. The second kappa shape index (κ2) is 5.79. The predicted molar refractivity (Wildman–Crippen MR) is 76.4 cm³/mol. The minimum Gasteiger partial charge on any atom is -0.481 e. The number of fused-ring (bicyclic) bond motifs is 2. The molecule has 5 heteroatoms. The minimum atomic E-state index is -0.881. The van der Waals surface area contributed by atoms with Crippen molar-refractivity contribution in [2.75, 3.05) is 0 Å². The van der Waals surface area contributed by atoms with Crippen LogP contribution in [0.4, 0.5) is 0 Å². The highest BCUT2D eigenvalue weighted by atomic mass is 16.4. The van der Waals surface area contributed by atoms with Gasteiger partial charge in [-0.05, 0) is 31.1 Å². The summed E-state index contributed by atoms with van der Waals surface area (Å²) >= 11 is 0. The maximum Gasteiger partial charge on any atom is 0.307 e. The van der Waals surface area contributed by atoms with Crippen LogP contribution in [0.2, 0.25) is 0 Å². The van der Waals surface area contributed by atoms with Gasteiger partial charge in [-0.2, -0.15) is 0 Å². The van der Waals surface area contributed by atoms with Crippen molar-refractivity contribution in [2.24, 2.45) is 23.7 Å². The third kappa shape index (κ3) is 2.71. The Labute approximate surface area is 124 Å². The van der Waals surface area contributed by atoms with Gasteiger partial charge in [0.15, 0.2) is 0 Å². The number of hydrogen-bond donors (Lipinski definition) is 3. The number of rotatable bonds is 3. The van der Waals surface area contributed by atoms with Crippen molar-refractivity contribution in [3.05, 3.63) is 12.2 Å². The molecule has 0 radical (unpaired) electrons. The average Bonchev–Trinajstić information content (AvgIpc) is 3.00. The number of carbonyl (C=O) groups excluding carboxylic acids is 1. The van der Waals surface area contributed by atoms with Gasteiger partial charge in [0, 0.05) is 0 Å². The third-order valence-corrected chi connectivity index (χ3v) is 5.35. The Morgan fingerprint density at radius 2 is 1.67 bits per heavy atom. The van der Waals surface area contributed by atoms with Crippen LogP contribution in [0.1, 0.15) is 38.5 Å². The quantitative estimate of drug-likeness (QED) is 0.541. The van der Waals surface area contributed by atoms with Crippen LogP contribution in [-0.4, -0.2) is 34.2 Å². The Morgan fingerprint density at radius 1 is 1.00 bits per heavy atom. The largest absolute Gasteiger partial charge is 0.481 e. The molecule has 0 aromatic rings. The van der Waals surface area contributed by atoms with E-state index in [9.17, 15) is 19.8 Å². The summed E-state index contributed by atoms with van der Waals surface area (Å²) in [4.78, 5) is 24.0. The van der Waals surface area contributed by atoms with Crippen LogP contribution in [0.5, 0.6) is 0 Å². The zero-order valence-corrected chi connectivity index (χ0v) is 12.1. The highest BCUT2D eigenvalue weighted by Crippen LogP contribution is 2.48. The molecule has 3 aliphatic carbocycles. The van der Waals surface area contributed by atoms with E-state index in [1.54, 1.807) is 0 Å². The summed E-state index contributed by atoms with van der Waals surface area (Å²) in [6, 6.07) is -0.224. The molecule has 3 rings (SSSR count). The molecular formula is C16H23NO4. The predicted octanol–water partition coefficient (Wildman–Crippen LogP) is 1.32. The number of aliphatic carboxylic acids is 1. The summed E-state index contributed by atoms with van der Waals surface area (Å²) in [7, 11) is 0. The second-order valence-electron chi connectivity index (χ2n) is 6.66. The van der Waals surface area contributed by atoms with Crippen LogP contribution in [0, 0.1) is 23.7 Å². The highest BCUT2D eigenvalue weighted by Gasteiger charge is 2.51. The third-order valence-electron chi connectivity index (χ3n) is 5.35. The number of carboxylic acids is 1. The van der Waals surface area contributed by atoms with Crippen LogP contribution in [-0.2, 0) is 9.59 Å². The Morgan fingerprint density at radius 3 is 2.38 bits per heavy atom. The van der Waals surface area contributed by atoms with E-state index in [1.165, 1.54) is 0 Å². The monoisotopic (exact) mass is 293 g/mol. The molecule has 116 valence electrons. The molecule has 0 heterocycles. The van der Waals surface area contributed by atoms with Gasteiger partial charge >= 0.3 is 5.97 Å².